The van der Waals surface area contributed by atoms with E-state index in [1.54, 1.807) is 11.2 Å². The lowest BCUT2D eigenvalue weighted by Gasteiger charge is -2.24. The molecule has 1 heterocycles. The fourth-order valence-electron chi connectivity index (χ4n) is 2.52. The Morgan fingerprint density at radius 3 is 2.48 bits per heavy atom. The zero-order chi connectivity index (χ0) is 15.8. The van der Waals surface area contributed by atoms with E-state index in [2.05, 4.69) is 13.8 Å². The van der Waals surface area contributed by atoms with Crippen LogP contribution in [-0.2, 0) is 10.0 Å². The van der Waals surface area contributed by atoms with Gasteiger partial charge in [-0.15, -0.1) is 0 Å². The molecule has 0 saturated carbocycles. The molecule has 0 unspecified atom stereocenters. The molecule has 1 aromatic rings. The summed E-state index contributed by atoms with van der Waals surface area (Å²) in [6, 6.07) is 3.69. The Hall–Kier alpha value is -0.720. The van der Waals surface area contributed by atoms with Crippen LogP contribution in [0.5, 0.6) is 0 Å². The van der Waals surface area contributed by atoms with E-state index in [0.717, 1.165) is 17.7 Å². The average Bonchev–Trinajstić information content (AvgIpc) is 2.55. The predicted octanol–water partition coefficient (Wildman–Crippen LogP) is 2.79. The zero-order valence-electron chi connectivity index (χ0n) is 13.1. The smallest absolute Gasteiger partial charge is 0.245 e. The molecule has 2 rings (SSSR count). The van der Waals surface area contributed by atoms with E-state index >= 15 is 0 Å². The van der Waals surface area contributed by atoms with Crippen LogP contribution in [-0.4, -0.2) is 36.3 Å². The molecule has 0 aromatic heterocycles. The van der Waals surface area contributed by atoms with Crippen molar-refractivity contribution in [1.29, 1.82) is 0 Å². The Kier molecular flexibility index (Phi) is 4.61. The molecule has 1 aliphatic heterocycles. The van der Waals surface area contributed by atoms with E-state index < -0.39 is 10.0 Å². The third-order valence-corrected chi connectivity index (χ3v) is 7.48. The standard InChI is InChI=1S/C15H24N2O2S2/c1-11-5-6-12(2)14(13(11)16)21(18,19)17-8-7-15(3,4)20-10-9-17/h5-6H,7-10,16H2,1-4H3. The van der Waals surface area contributed by atoms with Crippen molar-refractivity contribution in [2.75, 3.05) is 24.6 Å². The summed E-state index contributed by atoms with van der Waals surface area (Å²) in [5.74, 6) is 0.816. The highest BCUT2D eigenvalue weighted by Crippen LogP contribution is 2.34. The van der Waals surface area contributed by atoms with Crippen LogP contribution in [0.25, 0.3) is 0 Å². The van der Waals surface area contributed by atoms with Gasteiger partial charge in [-0.05, 0) is 31.4 Å². The summed E-state index contributed by atoms with van der Waals surface area (Å²) in [6.45, 7) is 9.08. The van der Waals surface area contributed by atoms with Gasteiger partial charge in [-0.1, -0.05) is 26.0 Å². The largest absolute Gasteiger partial charge is 0.397 e. The number of hydrogen-bond donors (Lipinski definition) is 1. The SMILES string of the molecule is Cc1ccc(C)c(S(=O)(=O)N2CCSC(C)(C)CC2)c1N. The molecule has 0 aliphatic carbocycles. The van der Waals surface area contributed by atoms with E-state index in [4.69, 9.17) is 5.73 Å². The summed E-state index contributed by atoms with van der Waals surface area (Å²) in [7, 11) is -3.52. The Bertz CT molecular complexity index is 639. The topological polar surface area (TPSA) is 63.4 Å². The number of nitrogens with zero attached hydrogens (tertiary/aromatic N) is 1. The third kappa shape index (κ3) is 3.38. The Balaban J connectivity index is 2.41. The van der Waals surface area contributed by atoms with Gasteiger partial charge >= 0.3 is 0 Å². The van der Waals surface area contributed by atoms with Crippen LogP contribution in [0.4, 0.5) is 5.69 Å². The quantitative estimate of drug-likeness (QED) is 0.848. The second kappa shape index (κ2) is 5.82. The first kappa shape index (κ1) is 16.6. The van der Waals surface area contributed by atoms with Crippen molar-refractivity contribution in [3.05, 3.63) is 23.3 Å². The highest BCUT2D eigenvalue weighted by atomic mass is 32.2. The van der Waals surface area contributed by atoms with Crippen LogP contribution >= 0.6 is 11.8 Å². The van der Waals surface area contributed by atoms with Crippen LogP contribution in [0.1, 0.15) is 31.4 Å². The second-order valence-corrected chi connectivity index (χ2v) is 9.88. The maximum absolute atomic E-state index is 13.0. The zero-order valence-corrected chi connectivity index (χ0v) is 14.8. The van der Waals surface area contributed by atoms with Crippen LogP contribution in [0.2, 0.25) is 0 Å². The number of sulfonamides is 1. The Labute approximate surface area is 132 Å². The van der Waals surface area contributed by atoms with Crippen LogP contribution < -0.4 is 5.73 Å². The van der Waals surface area contributed by atoms with Gasteiger partial charge in [-0.2, -0.15) is 16.1 Å². The molecular formula is C15H24N2O2S2. The summed E-state index contributed by atoms with van der Waals surface area (Å²) in [5.41, 5.74) is 7.96. The van der Waals surface area contributed by atoms with Crippen molar-refractivity contribution in [2.24, 2.45) is 0 Å². The fraction of sp³-hybridized carbons (Fsp3) is 0.600. The average molecular weight is 329 g/mol. The molecule has 21 heavy (non-hydrogen) atoms. The summed E-state index contributed by atoms with van der Waals surface area (Å²) in [4.78, 5) is 0.284. The highest BCUT2D eigenvalue weighted by molar-refractivity contribution is 8.00. The molecule has 1 saturated heterocycles. The molecule has 1 aromatic carbocycles. The lowest BCUT2D eigenvalue weighted by molar-refractivity contribution is 0.415. The minimum absolute atomic E-state index is 0.122. The molecule has 1 aliphatic rings. The van der Waals surface area contributed by atoms with Gasteiger partial charge in [0.25, 0.3) is 0 Å². The molecule has 4 nitrogen and oxygen atoms in total. The number of nitrogen functional groups attached to an aromatic ring is 1. The number of thioether (sulfide) groups is 1. The van der Waals surface area contributed by atoms with Gasteiger partial charge in [0.05, 0.1) is 5.69 Å². The van der Waals surface area contributed by atoms with E-state index in [9.17, 15) is 8.42 Å². The van der Waals surface area contributed by atoms with Gasteiger partial charge in [-0.3, -0.25) is 0 Å². The summed E-state index contributed by atoms with van der Waals surface area (Å²) < 4.78 is 27.7. The highest BCUT2D eigenvalue weighted by Gasteiger charge is 2.33. The summed E-state index contributed by atoms with van der Waals surface area (Å²) in [5, 5.41) is 0. The number of rotatable bonds is 2. The monoisotopic (exact) mass is 328 g/mol. The molecule has 2 N–H and O–H groups in total. The van der Waals surface area contributed by atoms with Crippen molar-refractivity contribution in [3.63, 3.8) is 0 Å². The van der Waals surface area contributed by atoms with Gasteiger partial charge < -0.3 is 5.73 Å². The van der Waals surface area contributed by atoms with Crippen molar-refractivity contribution in [1.82, 2.24) is 4.31 Å². The van der Waals surface area contributed by atoms with Crippen molar-refractivity contribution in [2.45, 2.75) is 43.8 Å². The molecular weight excluding hydrogens is 304 g/mol. The summed E-state index contributed by atoms with van der Waals surface area (Å²) >= 11 is 1.83. The van der Waals surface area contributed by atoms with Gasteiger partial charge in [0.1, 0.15) is 4.90 Å². The lowest BCUT2D eigenvalue weighted by atomic mass is 10.1. The van der Waals surface area contributed by atoms with Gasteiger partial charge in [-0.25, -0.2) is 8.42 Å². The predicted molar refractivity (Wildman–Crippen MR) is 90.2 cm³/mol. The molecule has 0 amide bonds. The molecule has 0 atom stereocenters. The third-order valence-electron chi connectivity index (χ3n) is 4.01. The molecule has 0 radical (unpaired) electrons. The number of nitrogens with two attached hydrogens (primary N) is 1. The number of anilines is 1. The minimum atomic E-state index is -3.52. The van der Waals surface area contributed by atoms with Gasteiger partial charge in [0.2, 0.25) is 10.0 Å². The maximum Gasteiger partial charge on any atom is 0.245 e. The number of aryl methyl sites for hydroxylation is 2. The second-order valence-electron chi connectivity index (χ2n) is 6.20. The maximum atomic E-state index is 13.0. The van der Waals surface area contributed by atoms with E-state index in [-0.39, 0.29) is 9.64 Å². The normalized spacial score (nSPS) is 20.2. The van der Waals surface area contributed by atoms with Crippen LogP contribution in [0.15, 0.2) is 17.0 Å². The molecule has 6 heteroatoms. The number of hydrogen-bond acceptors (Lipinski definition) is 4. The van der Waals surface area contributed by atoms with Gasteiger partial charge in [0.15, 0.2) is 0 Å². The summed E-state index contributed by atoms with van der Waals surface area (Å²) in [6.07, 6.45) is 0.849. The lowest BCUT2D eigenvalue weighted by Crippen LogP contribution is -2.34. The first-order valence-corrected chi connectivity index (χ1v) is 9.57. The Morgan fingerprint density at radius 1 is 1.19 bits per heavy atom. The first-order valence-electron chi connectivity index (χ1n) is 7.15. The fourth-order valence-corrected chi connectivity index (χ4v) is 5.57. The molecule has 118 valence electrons. The van der Waals surface area contributed by atoms with Crippen molar-refractivity contribution in [3.8, 4) is 0 Å². The van der Waals surface area contributed by atoms with Crippen molar-refractivity contribution >= 4 is 27.5 Å². The first-order chi connectivity index (χ1) is 9.65. The Morgan fingerprint density at radius 2 is 1.81 bits per heavy atom. The van der Waals surface area contributed by atoms with Crippen molar-refractivity contribution < 1.29 is 8.42 Å². The molecule has 0 bridgehead atoms. The van der Waals surface area contributed by atoms with Crippen LogP contribution in [0.3, 0.4) is 0 Å². The molecule has 0 spiro atoms. The molecule has 1 fully saturated rings. The van der Waals surface area contributed by atoms with E-state index in [0.29, 0.717) is 24.3 Å². The number of benzene rings is 1. The van der Waals surface area contributed by atoms with Crippen LogP contribution in [0, 0.1) is 13.8 Å². The van der Waals surface area contributed by atoms with E-state index in [1.165, 1.54) is 0 Å². The minimum Gasteiger partial charge on any atom is -0.397 e. The van der Waals surface area contributed by atoms with Gasteiger partial charge in [0, 0.05) is 23.6 Å². The van der Waals surface area contributed by atoms with E-state index in [1.807, 2.05) is 30.8 Å².